The van der Waals surface area contributed by atoms with Crippen LogP contribution in [-0.2, 0) is 15.1 Å². The average Bonchev–Trinajstić information content (AvgIpc) is 2.97. The molecule has 0 radical (unpaired) electrons. The maximum atomic E-state index is 14.4. The van der Waals surface area contributed by atoms with Crippen molar-refractivity contribution in [3.63, 3.8) is 0 Å². The zero-order chi connectivity index (χ0) is 22.6. The molecule has 2 aromatic rings. The molecule has 0 saturated carbocycles. The Balaban J connectivity index is 2.06. The van der Waals surface area contributed by atoms with E-state index in [4.69, 9.17) is 23.2 Å². The van der Waals surface area contributed by atoms with Gasteiger partial charge >= 0.3 is 5.97 Å². The van der Waals surface area contributed by atoms with Crippen LogP contribution in [0.25, 0.3) is 0 Å². The van der Waals surface area contributed by atoms with E-state index in [-0.39, 0.29) is 11.5 Å². The zero-order valence-electron chi connectivity index (χ0n) is 17.4. The van der Waals surface area contributed by atoms with Crippen LogP contribution in [0.3, 0.4) is 0 Å². The molecule has 1 aliphatic carbocycles. The van der Waals surface area contributed by atoms with Crippen molar-refractivity contribution in [1.29, 1.82) is 0 Å². The van der Waals surface area contributed by atoms with Crippen molar-refractivity contribution in [3.8, 4) is 0 Å². The third-order valence-electron chi connectivity index (χ3n) is 6.25. The number of nitrogens with zero attached hydrogens (tertiary/aromatic N) is 2. The van der Waals surface area contributed by atoms with Crippen LogP contribution in [0.15, 0.2) is 66.3 Å². The molecule has 0 saturated heterocycles. The van der Waals surface area contributed by atoms with E-state index < -0.39 is 17.0 Å². The number of carbonyl (C=O) groups is 2. The quantitative estimate of drug-likeness (QED) is 0.712. The van der Waals surface area contributed by atoms with E-state index in [1.165, 1.54) is 0 Å². The van der Waals surface area contributed by atoms with Gasteiger partial charge in [0.25, 0.3) is 5.91 Å². The maximum absolute atomic E-state index is 14.4. The molecule has 2 aromatic carbocycles. The fourth-order valence-corrected chi connectivity index (χ4v) is 5.27. The molecule has 160 valence electrons. The fourth-order valence-electron chi connectivity index (χ4n) is 4.82. The van der Waals surface area contributed by atoms with Crippen LogP contribution in [0.1, 0.15) is 24.5 Å². The third kappa shape index (κ3) is 2.95. The van der Waals surface area contributed by atoms with Crippen LogP contribution in [0.2, 0.25) is 10.0 Å². The van der Waals surface area contributed by atoms with Gasteiger partial charge in [0.2, 0.25) is 0 Å². The number of benzene rings is 2. The van der Waals surface area contributed by atoms with Crippen molar-refractivity contribution in [3.05, 3.63) is 87.4 Å². The van der Waals surface area contributed by atoms with E-state index in [0.29, 0.717) is 33.3 Å². The molecule has 1 heterocycles. The Hall–Kier alpha value is -2.60. The van der Waals surface area contributed by atoms with E-state index in [2.05, 4.69) is 0 Å². The highest BCUT2D eigenvalue weighted by molar-refractivity contribution is 6.33. The van der Waals surface area contributed by atoms with Crippen LogP contribution in [0.4, 0.5) is 5.69 Å². The molecule has 1 N–H and O–H groups in total. The number of likely N-dealkylation sites (N-methyl/N-ethyl adjacent to an activating group) is 1. The average molecular weight is 457 g/mol. The molecule has 2 aliphatic rings. The summed E-state index contributed by atoms with van der Waals surface area (Å²) in [5, 5.41) is 10.8. The SMILES string of the molecule is CN(C)C1(c2ccccc2Cl)C(=O)N(C2(C)CC=CC=C2C(=O)O)c2ccc(Cl)cc21. The standard InChI is InChI=1S/C24H22Cl2N2O3/c1-23(13-7-6-9-17(23)21(29)30)28-20-12-11-15(25)14-18(20)24(22(28)31,27(2)3)16-8-4-5-10-19(16)26/h4-12,14H,13H2,1-3H3,(H,29,30). The molecule has 1 amide bonds. The second-order valence-corrected chi connectivity index (χ2v) is 9.02. The van der Waals surface area contributed by atoms with E-state index >= 15 is 0 Å². The second kappa shape index (κ2) is 7.52. The first-order valence-electron chi connectivity index (χ1n) is 9.83. The predicted octanol–water partition coefficient (Wildman–Crippen LogP) is 4.87. The summed E-state index contributed by atoms with van der Waals surface area (Å²) in [5.74, 6) is -1.33. The Morgan fingerprint density at radius 3 is 2.48 bits per heavy atom. The molecule has 0 spiro atoms. The van der Waals surface area contributed by atoms with E-state index in [0.717, 1.165) is 0 Å². The lowest BCUT2D eigenvalue weighted by atomic mass is 9.81. The predicted molar refractivity (Wildman–Crippen MR) is 123 cm³/mol. The van der Waals surface area contributed by atoms with Gasteiger partial charge in [0.15, 0.2) is 5.54 Å². The first-order valence-corrected chi connectivity index (χ1v) is 10.6. The Morgan fingerprint density at radius 1 is 1.13 bits per heavy atom. The van der Waals surface area contributed by atoms with Crippen molar-refractivity contribution in [2.75, 3.05) is 19.0 Å². The number of carbonyl (C=O) groups excluding carboxylic acids is 1. The second-order valence-electron chi connectivity index (χ2n) is 8.18. The van der Waals surface area contributed by atoms with E-state index in [1.807, 2.05) is 43.3 Å². The monoisotopic (exact) mass is 456 g/mol. The molecule has 5 nitrogen and oxygen atoms in total. The number of hydrogen-bond donors (Lipinski definition) is 1. The number of allylic oxidation sites excluding steroid dienone is 2. The summed E-state index contributed by atoms with van der Waals surface area (Å²) in [4.78, 5) is 29.9. The summed E-state index contributed by atoms with van der Waals surface area (Å²) in [6.45, 7) is 1.78. The summed E-state index contributed by atoms with van der Waals surface area (Å²) >= 11 is 13.0. The zero-order valence-corrected chi connectivity index (χ0v) is 18.9. The number of anilines is 1. The smallest absolute Gasteiger partial charge is 0.333 e. The van der Waals surface area contributed by atoms with Crippen LogP contribution < -0.4 is 4.90 Å². The number of aliphatic carboxylic acids is 1. The lowest BCUT2D eigenvalue weighted by Crippen LogP contribution is -2.58. The molecule has 31 heavy (non-hydrogen) atoms. The summed E-state index contributed by atoms with van der Waals surface area (Å²) < 4.78 is 0. The minimum absolute atomic E-state index is 0.151. The van der Waals surface area contributed by atoms with Gasteiger partial charge < -0.3 is 5.11 Å². The highest BCUT2D eigenvalue weighted by Gasteiger charge is 2.59. The van der Waals surface area contributed by atoms with Crippen molar-refractivity contribution < 1.29 is 14.7 Å². The Bertz CT molecular complexity index is 1160. The molecule has 0 fully saturated rings. The van der Waals surface area contributed by atoms with Gasteiger partial charge in [-0.15, -0.1) is 0 Å². The van der Waals surface area contributed by atoms with Gasteiger partial charge in [0, 0.05) is 21.2 Å². The number of carboxylic acids is 1. The van der Waals surface area contributed by atoms with E-state index in [9.17, 15) is 14.7 Å². The number of rotatable bonds is 4. The Kier molecular flexibility index (Phi) is 5.24. The summed E-state index contributed by atoms with van der Waals surface area (Å²) in [5.41, 5.74) is -0.283. The molecule has 0 bridgehead atoms. The fraction of sp³-hybridized carbons (Fsp3) is 0.250. The molecule has 0 aromatic heterocycles. The molecule has 4 rings (SSSR count). The van der Waals surface area contributed by atoms with Gasteiger partial charge in [-0.05, 0) is 57.8 Å². The van der Waals surface area contributed by atoms with Gasteiger partial charge in [-0.25, -0.2) is 4.79 Å². The lowest BCUT2D eigenvalue weighted by Gasteiger charge is -2.43. The van der Waals surface area contributed by atoms with Crippen molar-refractivity contribution >= 4 is 40.8 Å². The highest BCUT2D eigenvalue weighted by atomic mass is 35.5. The molecule has 7 heteroatoms. The number of hydrogen-bond acceptors (Lipinski definition) is 3. The minimum atomic E-state index is -1.26. The van der Waals surface area contributed by atoms with Crippen molar-refractivity contribution in [1.82, 2.24) is 4.90 Å². The van der Waals surface area contributed by atoms with Crippen molar-refractivity contribution in [2.45, 2.75) is 24.4 Å². The van der Waals surface area contributed by atoms with Crippen molar-refractivity contribution in [2.24, 2.45) is 0 Å². The highest BCUT2D eigenvalue weighted by Crippen LogP contribution is 2.53. The van der Waals surface area contributed by atoms with Crippen LogP contribution in [0, 0.1) is 0 Å². The molecular weight excluding hydrogens is 435 g/mol. The molecule has 2 atom stereocenters. The van der Waals surface area contributed by atoms with E-state index in [1.54, 1.807) is 48.2 Å². The Morgan fingerprint density at radius 2 is 1.84 bits per heavy atom. The number of carboxylic acid groups (broad SMARTS) is 1. The number of halogens is 2. The largest absolute Gasteiger partial charge is 0.478 e. The summed E-state index contributed by atoms with van der Waals surface area (Å²) in [6, 6.07) is 12.5. The molecule has 2 unspecified atom stereocenters. The topological polar surface area (TPSA) is 60.9 Å². The Labute approximate surface area is 191 Å². The van der Waals surface area contributed by atoms with Gasteiger partial charge in [0.05, 0.1) is 16.8 Å². The normalized spacial score (nSPS) is 25.0. The maximum Gasteiger partial charge on any atom is 0.333 e. The van der Waals surface area contributed by atoms with Gasteiger partial charge in [-0.2, -0.15) is 0 Å². The van der Waals surface area contributed by atoms with Gasteiger partial charge in [0.1, 0.15) is 0 Å². The van der Waals surface area contributed by atoms with Gasteiger partial charge in [-0.1, -0.05) is 53.6 Å². The molecular formula is C24H22Cl2N2O3. The minimum Gasteiger partial charge on any atom is -0.478 e. The van der Waals surface area contributed by atoms with Crippen LogP contribution in [-0.4, -0.2) is 41.5 Å². The number of amides is 1. The lowest BCUT2D eigenvalue weighted by molar-refractivity contribution is -0.133. The van der Waals surface area contributed by atoms with Gasteiger partial charge in [-0.3, -0.25) is 14.6 Å². The van der Waals surface area contributed by atoms with Crippen LogP contribution in [0.5, 0.6) is 0 Å². The molecule has 1 aliphatic heterocycles. The summed E-state index contributed by atoms with van der Waals surface area (Å²) in [6.07, 6.45) is 5.51. The first kappa shape index (κ1) is 21.6. The first-order chi connectivity index (χ1) is 14.7. The number of fused-ring (bicyclic) bond motifs is 1. The van der Waals surface area contributed by atoms with Crippen LogP contribution >= 0.6 is 23.2 Å². The third-order valence-corrected chi connectivity index (χ3v) is 6.82. The summed E-state index contributed by atoms with van der Waals surface area (Å²) in [7, 11) is 3.62.